The first kappa shape index (κ1) is 13.6. The van der Waals surface area contributed by atoms with E-state index in [-0.39, 0.29) is 11.9 Å². The third-order valence-electron chi connectivity index (χ3n) is 2.93. The van der Waals surface area contributed by atoms with Crippen molar-refractivity contribution in [2.45, 2.75) is 39.7 Å². The van der Waals surface area contributed by atoms with Gasteiger partial charge >= 0.3 is 6.09 Å². The van der Waals surface area contributed by atoms with Crippen LogP contribution in [0.5, 0.6) is 0 Å². The fraction of sp³-hybridized carbons (Fsp3) is 0.692. The maximum absolute atomic E-state index is 11.7. The van der Waals surface area contributed by atoms with E-state index >= 15 is 0 Å². The summed E-state index contributed by atoms with van der Waals surface area (Å²) < 4.78 is 5.22. The second-order valence-corrected chi connectivity index (χ2v) is 5.44. The summed E-state index contributed by atoms with van der Waals surface area (Å²) >= 11 is 0. The lowest BCUT2D eigenvalue weighted by Crippen LogP contribution is -2.62. The van der Waals surface area contributed by atoms with Crippen molar-refractivity contribution in [3.63, 3.8) is 0 Å². The Morgan fingerprint density at radius 3 is 2.29 bits per heavy atom. The molecule has 1 heterocycles. The fourth-order valence-corrected chi connectivity index (χ4v) is 1.82. The van der Waals surface area contributed by atoms with Crippen molar-refractivity contribution >= 4 is 11.9 Å². The largest absolute Gasteiger partial charge is 0.444 e. The van der Waals surface area contributed by atoms with Crippen molar-refractivity contribution in [2.24, 2.45) is 5.41 Å². The van der Waals surface area contributed by atoms with E-state index in [1.165, 1.54) is 4.90 Å². The van der Waals surface area contributed by atoms with Crippen LogP contribution in [0.2, 0.25) is 0 Å². The highest BCUT2D eigenvalue weighted by atomic mass is 16.6. The smallest absolute Gasteiger partial charge is 0.410 e. The van der Waals surface area contributed by atoms with Gasteiger partial charge in [-0.15, -0.1) is 6.42 Å². The van der Waals surface area contributed by atoms with Gasteiger partial charge in [-0.3, -0.25) is 4.79 Å². The summed E-state index contributed by atoms with van der Waals surface area (Å²) in [4.78, 5) is 24.8. The van der Waals surface area contributed by atoms with Crippen LogP contribution in [0.4, 0.5) is 4.79 Å². The van der Waals surface area contributed by atoms with Crippen molar-refractivity contribution in [2.75, 3.05) is 13.1 Å². The Bertz CT molecular complexity index is 367. The van der Waals surface area contributed by atoms with Crippen molar-refractivity contribution in [1.29, 1.82) is 0 Å². The number of hydrogen-bond acceptors (Lipinski definition) is 3. The van der Waals surface area contributed by atoms with Crippen molar-refractivity contribution < 1.29 is 14.3 Å². The van der Waals surface area contributed by atoms with Gasteiger partial charge < -0.3 is 9.64 Å². The van der Waals surface area contributed by atoms with Crippen molar-refractivity contribution in [3.05, 3.63) is 0 Å². The predicted molar refractivity (Wildman–Crippen MR) is 64.4 cm³/mol. The molecule has 0 unspecified atom stereocenters. The second kappa shape index (κ2) is 4.40. The first-order valence-corrected chi connectivity index (χ1v) is 5.73. The third kappa shape index (κ3) is 2.79. The highest BCUT2D eigenvalue weighted by molar-refractivity contribution is 6.01. The number of Topliss-reactive ketones (excluding diaryl/α,β-unsaturated/α-hetero) is 1. The van der Waals surface area contributed by atoms with Crippen LogP contribution in [-0.4, -0.2) is 35.5 Å². The second-order valence-electron chi connectivity index (χ2n) is 5.44. The maximum atomic E-state index is 11.7. The van der Waals surface area contributed by atoms with E-state index in [0.29, 0.717) is 19.5 Å². The number of rotatable bonds is 2. The minimum atomic E-state index is -0.550. The standard InChI is InChI=1S/C13H19NO3/c1-6-10(15)13(7-2)8-14(9-13)11(16)17-12(3,4)5/h1H,7-9H2,2-5H3. The summed E-state index contributed by atoms with van der Waals surface area (Å²) in [5.41, 5.74) is -1.07. The number of ether oxygens (including phenoxy) is 1. The minimum Gasteiger partial charge on any atom is -0.444 e. The van der Waals surface area contributed by atoms with Crippen LogP contribution in [0.1, 0.15) is 34.1 Å². The molecular formula is C13H19NO3. The quantitative estimate of drug-likeness (QED) is 0.544. The molecule has 17 heavy (non-hydrogen) atoms. The molecule has 0 aliphatic carbocycles. The number of amides is 1. The number of ketones is 1. The van der Waals surface area contributed by atoms with Gasteiger partial charge in [-0.25, -0.2) is 4.79 Å². The molecular weight excluding hydrogens is 218 g/mol. The molecule has 0 saturated carbocycles. The molecule has 0 N–H and O–H groups in total. The topological polar surface area (TPSA) is 46.6 Å². The lowest BCUT2D eigenvalue weighted by Gasteiger charge is -2.47. The first-order valence-electron chi connectivity index (χ1n) is 5.73. The van der Waals surface area contributed by atoms with E-state index < -0.39 is 11.0 Å². The van der Waals surface area contributed by atoms with Gasteiger partial charge in [0.15, 0.2) is 0 Å². The summed E-state index contributed by atoms with van der Waals surface area (Å²) in [5.74, 6) is 1.93. The summed E-state index contributed by atoms with van der Waals surface area (Å²) in [7, 11) is 0. The Morgan fingerprint density at radius 2 is 1.94 bits per heavy atom. The zero-order chi connectivity index (χ0) is 13.3. The molecule has 1 saturated heterocycles. The number of terminal acetylenes is 1. The molecule has 0 aromatic carbocycles. The zero-order valence-corrected chi connectivity index (χ0v) is 10.9. The SMILES string of the molecule is C#CC(=O)C1(CC)CN(C(=O)OC(C)(C)C)C1. The van der Waals surface area contributed by atoms with Gasteiger partial charge in [-0.2, -0.15) is 0 Å². The molecule has 0 aromatic rings. The molecule has 1 rings (SSSR count). The molecule has 1 fully saturated rings. The van der Waals surface area contributed by atoms with E-state index in [2.05, 4.69) is 5.92 Å². The van der Waals surface area contributed by atoms with E-state index in [1.807, 2.05) is 27.7 Å². The summed E-state index contributed by atoms with van der Waals surface area (Å²) in [6.07, 6.45) is 5.40. The van der Waals surface area contributed by atoms with Gasteiger partial charge in [0.05, 0.1) is 5.41 Å². The molecule has 94 valence electrons. The highest BCUT2D eigenvalue weighted by Crippen LogP contribution is 2.35. The molecule has 1 amide bonds. The number of nitrogens with zero attached hydrogens (tertiary/aromatic N) is 1. The van der Waals surface area contributed by atoms with Crippen LogP contribution in [0.3, 0.4) is 0 Å². The minimum absolute atomic E-state index is 0.222. The summed E-state index contributed by atoms with van der Waals surface area (Å²) in [6, 6.07) is 0. The van der Waals surface area contributed by atoms with Crippen LogP contribution >= 0.6 is 0 Å². The average Bonchev–Trinajstić information content (AvgIpc) is 2.13. The molecule has 0 atom stereocenters. The van der Waals surface area contributed by atoms with Crippen molar-refractivity contribution in [3.8, 4) is 12.3 Å². The fourth-order valence-electron chi connectivity index (χ4n) is 1.82. The van der Waals surface area contributed by atoms with Gasteiger partial charge in [0.1, 0.15) is 5.60 Å². The molecule has 1 aliphatic heterocycles. The van der Waals surface area contributed by atoms with E-state index in [0.717, 1.165) is 0 Å². The third-order valence-corrected chi connectivity index (χ3v) is 2.93. The van der Waals surface area contributed by atoms with E-state index in [9.17, 15) is 9.59 Å². The molecule has 4 heteroatoms. The number of carbonyl (C=O) groups excluding carboxylic acids is 2. The van der Waals surface area contributed by atoms with Gasteiger partial charge in [0.2, 0.25) is 5.78 Å². The van der Waals surface area contributed by atoms with Crippen LogP contribution in [0.15, 0.2) is 0 Å². The lowest BCUT2D eigenvalue weighted by molar-refractivity contribution is -0.132. The molecule has 4 nitrogen and oxygen atoms in total. The van der Waals surface area contributed by atoms with Gasteiger partial charge in [0.25, 0.3) is 0 Å². The van der Waals surface area contributed by atoms with E-state index in [4.69, 9.17) is 11.2 Å². The Hall–Kier alpha value is -1.50. The summed E-state index contributed by atoms with van der Waals surface area (Å²) in [6.45, 7) is 8.06. The first-order chi connectivity index (χ1) is 7.74. The average molecular weight is 237 g/mol. The van der Waals surface area contributed by atoms with Crippen LogP contribution < -0.4 is 0 Å². The number of carbonyl (C=O) groups is 2. The lowest BCUT2D eigenvalue weighted by atomic mass is 9.74. The monoisotopic (exact) mass is 237 g/mol. The van der Waals surface area contributed by atoms with Gasteiger partial charge in [-0.1, -0.05) is 6.92 Å². The highest BCUT2D eigenvalue weighted by Gasteiger charge is 2.49. The normalized spacial score (nSPS) is 17.9. The van der Waals surface area contributed by atoms with Gasteiger partial charge in [-0.05, 0) is 33.1 Å². The Labute approximate surface area is 102 Å². The van der Waals surface area contributed by atoms with Crippen molar-refractivity contribution in [1.82, 2.24) is 4.90 Å². The molecule has 0 bridgehead atoms. The van der Waals surface area contributed by atoms with E-state index in [1.54, 1.807) is 0 Å². The number of hydrogen-bond donors (Lipinski definition) is 0. The summed E-state index contributed by atoms with van der Waals surface area (Å²) in [5, 5.41) is 0. The Kier molecular flexibility index (Phi) is 3.51. The van der Waals surface area contributed by atoms with Crippen LogP contribution in [-0.2, 0) is 9.53 Å². The molecule has 0 spiro atoms. The zero-order valence-electron chi connectivity index (χ0n) is 10.9. The number of likely N-dealkylation sites (tertiary alicyclic amines) is 1. The molecule has 0 radical (unpaired) electrons. The van der Waals surface area contributed by atoms with Crippen LogP contribution in [0, 0.1) is 17.8 Å². The maximum Gasteiger partial charge on any atom is 0.410 e. The Balaban J connectivity index is 2.59. The predicted octanol–water partition coefficient (Wildman–Crippen LogP) is 1.84. The Morgan fingerprint density at radius 1 is 1.41 bits per heavy atom. The molecule has 0 aromatic heterocycles. The van der Waals surface area contributed by atoms with Gasteiger partial charge in [0, 0.05) is 13.1 Å². The van der Waals surface area contributed by atoms with Crippen LogP contribution in [0.25, 0.3) is 0 Å². The molecule has 1 aliphatic rings.